The summed E-state index contributed by atoms with van der Waals surface area (Å²) in [5, 5.41) is 1.32. The average Bonchev–Trinajstić information content (AvgIpc) is 2.43. The molecule has 0 amide bonds. The molecule has 1 nitrogen and oxygen atoms in total. The molecule has 0 saturated carbocycles. The summed E-state index contributed by atoms with van der Waals surface area (Å²) in [6, 6.07) is 8.62. The van der Waals surface area contributed by atoms with E-state index in [0.717, 1.165) is 0 Å². The van der Waals surface area contributed by atoms with Gasteiger partial charge in [0.2, 0.25) is 0 Å². The molecule has 0 unspecified atom stereocenters. The number of thiophene rings is 1. The predicted octanol–water partition coefficient (Wildman–Crippen LogP) is 2.67. The second-order valence-electron chi connectivity index (χ2n) is 2.93. The van der Waals surface area contributed by atoms with Crippen molar-refractivity contribution in [1.82, 2.24) is 0 Å². The molecule has 0 aliphatic rings. The summed E-state index contributed by atoms with van der Waals surface area (Å²) < 4.78 is 1.35. The third-order valence-electron chi connectivity index (χ3n) is 1.94. The molecule has 0 aliphatic heterocycles. The minimum Gasteiger partial charge on any atom is -0.326 e. The van der Waals surface area contributed by atoms with Crippen molar-refractivity contribution in [2.75, 3.05) is 0 Å². The molecule has 0 spiro atoms. The van der Waals surface area contributed by atoms with Crippen molar-refractivity contribution in [2.45, 2.75) is 13.5 Å². The molecule has 1 aromatic carbocycles. The van der Waals surface area contributed by atoms with Crippen LogP contribution in [-0.4, -0.2) is 0 Å². The largest absolute Gasteiger partial charge is 0.326 e. The monoisotopic (exact) mass is 177 g/mol. The van der Waals surface area contributed by atoms with Crippen LogP contribution in [0.4, 0.5) is 0 Å². The third-order valence-corrected chi connectivity index (χ3v) is 2.97. The molecule has 0 radical (unpaired) electrons. The maximum Gasteiger partial charge on any atom is 0.0345 e. The quantitative estimate of drug-likeness (QED) is 0.712. The highest BCUT2D eigenvalue weighted by molar-refractivity contribution is 7.19. The fourth-order valence-corrected chi connectivity index (χ4v) is 2.26. The lowest BCUT2D eigenvalue weighted by atomic mass is 10.2. The Bertz CT molecular complexity index is 403. The number of hydrogen-bond acceptors (Lipinski definition) is 2. The van der Waals surface area contributed by atoms with Gasteiger partial charge in [0, 0.05) is 16.1 Å². The van der Waals surface area contributed by atoms with E-state index in [9.17, 15) is 0 Å². The summed E-state index contributed by atoms with van der Waals surface area (Å²) in [6.07, 6.45) is 0. The number of fused-ring (bicyclic) bond motifs is 1. The van der Waals surface area contributed by atoms with Crippen LogP contribution >= 0.6 is 11.3 Å². The number of nitrogens with two attached hydrogens (primary N) is 1. The summed E-state index contributed by atoms with van der Waals surface area (Å²) in [7, 11) is 0. The zero-order valence-corrected chi connectivity index (χ0v) is 7.82. The van der Waals surface area contributed by atoms with E-state index >= 15 is 0 Å². The van der Waals surface area contributed by atoms with Gasteiger partial charge in [0.25, 0.3) is 0 Å². The van der Waals surface area contributed by atoms with Crippen molar-refractivity contribution in [3.8, 4) is 0 Å². The van der Waals surface area contributed by atoms with Gasteiger partial charge in [-0.1, -0.05) is 6.07 Å². The molecule has 1 aromatic heterocycles. The van der Waals surface area contributed by atoms with Crippen LogP contribution in [0.2, 0.25) is 0 Å². The van der Waals surface area contributed by atoms with Gasteiger partial charge in [0.1, 0.15) is 0 Å². The molecular weight excluding hydrogens is 166 g/mol. The first-order valence-electron chi connectivity index (χ1n) is 3.99. The van der Waals surface area contributed by atoms with Gasteiger partial charge in [-0.25, -0.2) is 0 Å². The first kappa shape index (κ1) is 7.77. The fraction of sp³-hybridized carbons (Fsp3) is 0.200. The lowest BCUT2D eigenvalue weighted by Crippen LogP contribution is -1.94. The van der Waals surface area contributed by atoms with Gasteiger partial charge >= 0.3 is 0 Å². The predicted molar refractivity (Wildman–Crippen MR) is 54.5 cm³/mol. The highest BCUT2D eigenvalue weighted by atomic mass is 32.1. The van der Waals surface area contributed by atoms with Crippen molar-refractivity contribution >= 4 is 21.4 Å². The molecular formula is C10H11NS. The van der Waals surface area contributed by atoms with E-state index in [-0.39, 0.29) is 0 Å². The van der Waals surface area contributed by atoms with E-state index in [2.05, 4.69) is 31.2 Å². The summed E-state index contributed by atoms with van der Waals surface area (Å²) in [4.78, 5) is 1.36. The molecule has 0 fully saturated rings. The summed E-state index contributed by atoms with van der Waals surface area (Å²) >= 11 is 1.83. The highest BCUT2D eigenvalue weighted by Crippen LogP contribution is 2.25. The Morgan fingerprint density at radius 2 is 2.17 bits per heavy atom. The summed E-state index contributed by atoms with van der Waals surface area (Å²) in [5.41, 5.74) is 6.76. The Morgan fingerprint density at radius 3 is 2.92 bits per heavy atom. The summed E-state index contributed by atoms with van der Waals surface area (Å²) in [5.74, 6) is 0. The number of aryl methyl sites for hydroxylation is 1. The van der Waals surface area contributed by atoms with E-state index in [0.29, 0.717) is 6.54 Å². The molecule has 2 rings (SSSR count). The average molecular weight is 177 g/mol. The van der Waals surface area contributed by atoms with Crippen LogP contribution in [0.3, 0.4) is 0 Å². The van der Waals surface area contributed by atoms with Crippen molar-refractivity contribution in [3.63, 3.8) is 0 Å². The number of hydrogen-bond donors (Lipinski definition) is 1. The molecule has 0 saturated heterocycles. The Labute approximate surface area is 75.8 Å². The van der Waals surface area contributed by atoms with Crippen LogP contribution in [0.5, 0.6) is 0 Å². The Balaban J connectivity index is 2.66. The van der Waals surface area contributed by atoms with Crippen molar-refractivity contribution in [2.24, 2.45) is 5.73 Å². The standard InChI is InChI=1S/C10H11NS/c1-7-4-9-5-8(6-11)2-3-10(9)12-7/h2-5H,6,11H2,1H3. The Hall–Kier alpha value is -0.860. The molecule has 2 heteroatoms. The maximum absolute atomic E-state index is 5.55. The van der Waals surface area contributed by atoms with Gasteiger partial charge in [-0.15, -0.1) is 11.3 Å². The SMILES string of the molecule is Cc1cc2cc(CN)ccc2s1. The minimum absolute atomic E-state index is 0.630. The zero-order chi connectivity index (χ0) is 8.55. The first-order valence-corrected chi connectivity index (χ1v) is 4.80. The number of rotatable bonds is 1. The molecule has 2 aromatic rings. The van der Waals surface area contributed by atoms with Crippen molar-refractivity contribution in [3.05, 3.63) is 34.7 Å². The molecule has 2 N–H and O–H groups in total. The maximum atomic E-state index is 5.55. The number of benzene rings is 1. The summed E-state index contributed by atoms with van der Waals surface area (Å²) in [6.45, 7) is 2.76. The van der Waals surface area contributed by atoms with E-state index in [4.69, 9.17) is 5.73 Å². The van der Waals surface area contributed by atoms with E-state index in [1.54, 1.807) is 0 Å². The van der Waals surface area contributed by atoms with E-state index < -0.39 is 0 Å². The second-order valence-corrected chi connectivity index (χ2v) is 4.22. The van der Waals surface area contributed by atoms with Crippen LogP contribution < -0.4 is 5.73 Å². The van der Waals surface area contributed by atoms with Crippen molar-refractivity contribution < 1.29 is 0 Å². The Morgan fingerprint density at radius 1 is 1.33 bits per heavy atom. The topological polar surface area (TPSA) is 26.0 Å². The molecule has 0 atom stereocenters. The van der Waals surface area contributed by atoms with Crippen LogP contribution in [-0.2, 0) is 6.54 Å². The normalized spacial score (nSPS) is 10.8. The molecule has 12 heavy (non-hydrogen) atoms. The van der Waals surface area contributed by atoms with Gasteiger partial charge in [0.15, 0.2) is 0 Å². The third kappa shape index (κ3) is 1.24. The van der Waals surface area contributed by atoms with E-state index in [1.165, 1.54) is 20.5 Å². The van der Waals surface area contributed by atoms with Crippen molar-refractivity contribution in [1.29, 1.82) is 0 Å². The van der Waals surface area contributed by atoms with Crippen LogP contribution in [0.25, 0.3) is 10.1 Å². The van der Waals surface area contributed by atoms with Crippen LogP contribution in [0, 0.1) is 6.92 Å². The highest BCUT2D eigenvalue weighted by Gasteiger charge is 1.98. The zero-order valence-electron chi connectivity index (χ0n) is 7.00. The lowest BCUT2D eigenvalue weighted by molar-refractivity contribution is 1.08. The van der Waals surface area contributed by atoms with Crippen LogP contribution in [0.1, 0.15) is 10.4 Å². The molecule has 1 heterocycles. The lowest BCUT2D eigenvalue weighted by Gasteiger charge is -1.94. The van der Waals surface area contributed by atoms with E-state index in [1.807, 2.05) is 11.3 Å². The minimum atomic E-state index is 0.630. The molecule has 0 aliphatic carbocycles. The smallest absolute Gasteiger partial charge is 0.0345 e. The second kappa shape index (κ2) is 2.88. The van der Waals surface area contributed by atoms with Gasteiger partial charge in [-0.3, -0.25) is 0 Å². The molecule has 0 bridgehead atoms. The molecule has 62 valence electrons. The van der Waals surface area contributed by atoms with Gasteiger partial charge < -0.3 is 5.73 Å². The van der Waals surface area contributed by atoms with Gasteiger partial charge in [0.05, 0.1) is 0 Å². The Kier molecular flexibility index (Phi) is 1.87. The van der Waals surface area contributed by atoms with Gasteiger partial charge in [-0.05, 0) is 36.1 Å². The fourth-order valence-electron chi connectivity index (χ4n) is 1.35. The van der Waals surface area contributed by atoms with Crippen LogP contribution in [0.15, 0.2) is 24.3 Å². The van der Waals surface area contributed by atoms with Gasteiger partial charge in [-0.2, -0.15) is 0 Å². The first-order chi connectivity index (χ1) is 5.79.